The second-order valence-electron chi connectivity index (χ2n) is 6.22. The number of hydrazine groups is 1. The number of benzene rings is 2. The standard InChI is InChI=1S/C20H19F3N4O2/c1-3-26-20(28)16-10-12(19(25-2)29-18(24)17(22)23)4-5-13(16)11-27(26)15-8-6-14(21)7-9-15/h4-10,17,24H,3,11H2,1-2H3/b24-18?,25-19-. The quantitative estimate of drug-likeness (QED) is 0.622. The number of nitrogens with one attached hydrogen (secondary N) is 1. The highest BCUT2D eigenvalue weighted by Gasteiger charge is 2.31. The van der Waals surface area contributed by atoms with Gasteiger partial charge >= 0.3 is 6.43 Å². The first-order valence-electron chi connectivity index (χ1n) is 8.85. The molecule has 1 N–H and O–H groups in total. The maximum Gasteiger partial charge on any atom is 0.312 e. The minimum atomic E-state index is -3.06. The number of alkyl halides is 2. The molecule has 0 unspecified atom stereocenters. The second kappa shape index (κ2) is 8.34. The van der Waals surface area contributed by atoms with Crippen LogP contribution in [0.15, 0.2) is 47.5 Å². The Morgan fingerprint density at radius 2 is 1.93 bits per heavy atom. The number of hydrogen-bond donors (Lipinski definition) is 1. The monoisotopic (exact) mass is 404 g/mol. The Bertz CT molecular complexity index is 961. The molecule has 152 valence electrons. The average Bonchev–Trinajstić information content (AvgIpc) is 2.72. The van der Waals surface area contributed by atoms with E-state index in [0.29, 0.717) is 35.5 Å². The Balaban J connectivity index is 1.95. The number of nitrogens with zero attached hydrogens (tertiary/aromatic N) is 3. The summed E-state index contributed by atoms with van der Waals surface area (Å²) in [7, 11) is 1.35. The van der Waals surface area contributed by atoms with E-state index in [1.54, 1.807) is 29.3 Å². The number of ether oxygens (including phenoxy) is 1. The predicted molar refractivity (Wildman–Crippen MR) is 103 cm³/mol. The molecule has 0 aromatic heterocycles. The number of hydrogen-bond acceptors (Lipinski definition) is 5. The number of carbonyl (C=O) groups is 1. The topological polar surface area (TPSA) is 69.0 Å². The van der Waals surface area contributed by atoms with E-state index in [0.717, 1.165) is 0 Å². The van der Waals surface area contributed by atoms with Gasteiger partial charge in [-0.2, -0.15) is 8.78 Å². The van der Waals surface area contributed by atoms with Crippen LogP contribution >= 0.6 is 0 Å². The van der Waals surface area contributed by atoms with Crippen LogP contribution in [0.4, 0.5) is 18.9 Å². The zero-order chi connectivity index (χ0) is 21.1. The molecule has 3 rings (SSSR count). The number of fused-ring (bicyclic) bond motifs is 1. The summed E-state index contributed by atoms with van der Waals surface area (Å²) < 4.78 is 43.3. The van der Waals surface area contributed by atoms with Gasteiger partial charge in [0.25, 0.3) is 11.8 Å². The van der Waals surface area contributed by atoms with Gasteiger partial charge in [-0.1, -0.05) is 6.07 Å². The summed E-state index contributed by atoms with van der Waals surface area (Å²) in [6.45, 7) is 2.56. The fourth-order valence-electron chi connectivity index (χ4n) is 3.08. The normalized spacial score (nSPS) is 14.3. The summed E-state index contributed by atoms with van der Waals surface area (Å²) in [5, 5.41) is 10.5. The third-order valence-corrected chi connectivity index (χ3v) is 4.47. The summed E-state index contributed by atoms with van der Waals surface area (Å²) >= 11 is 0. The van der Waals surface area contributed by atoms with Crippen molar-refractivity contribution >= 4 is 23.4 Å². The van der Waals surface area contributed by atoms with Gasteiger partial charge in [-0.3, -0.25) is 20.2 Å². The number of halogens is 3. The van der Waals surface area contributed by atoms with Gasteiger partial charge in [0.1, 0.15) is 5.82 Å². The van der Waals surface area contributed by atoms with Crippen LogP contribution in [0.5, 0.6) is 0 Å². The van der Waals surface area contributed by atoms with Gasteiger partial charge in [-0.05, 0) is 48.9 Å². The van der Waals surface area contributed by atoms with Crippen LogP contribution in [0.3, 0.4) is 0 Å². The molecular formula is C20H19F3N4O2. The molecule has 0 fully saturated rings. The van der Waals surface area contributed by atoms with Crippen LogP contribution in [-0.2, 0) is 11.3 Å². The van der Waals surface area contributed by atoms with E-state index in [9.17, 15) is 18.0 Å². The van der Waals surface area contributed by atoms with Crippen LogP contribution in [0.2, 0.25) is 0 Å². The molecule has 29 heavy (non-hydrogen) atoms. The van der Waals surface area contributed by atoms with Gasteiger partial charge in [0.2, 0.25) is 5.90 Å². The molecule has 0 atom stereocenters. The number of carbonyl (C=O) groups excluding carboxylic acids is 1. The highest BCUT2D eigenvalue weighted by atomic mass is 19.3. The molecule has 1 aliphatic heterocycles. The summed E-state index contributed by atoms with van der Waals surface area (Å²) in [4.78, 5) is 16.9. The van der Waals surface area contributed by atoms with E-state index in [1.165, 1.54) is 30.3 Å². The molecule has 0 saturated carbocycles. The van der Waals surface area contributed by atoms with Crippen LogP contribution in [-0.4, -0.2) is 42.7 Å². The molecule has 1 aliphatic rings. The Labute approximate surface area is 165 Å². The highest BCUT2D eigenvalue weighted by Crippen LogP contribution is 2.29. The number of anilines is 1. The van der Waals surface area contributed by atoms with Crippen LogP contribution in [0.25, 0.3) is 0 Å². The lowest BCUT2D eigenvalue weighted by Crippen LogP contribution is -2.50. The third-order valence-electron chi connectivity index (χ3n) is 4.47. The molecule has 0 spiro atoms. The summed E-state index contributed by atoms with van der Waals surface area (Å²) in [6.07, 6.45) is -3.06. The first-order valence-corrected chi connectivity index (χ1v) is 8.85. The Kier molecular flexibility index (Phi) is 5.86. The fraction of sp³-hybridized carbons (Fsp3) is 0.250. The van der Waals surface area contributed by atoms with Crippen LogP contribution in [0.1, 0.15) is 28.4 Å². The molecule has 0 bridgehead atoms. The van der Waals surface area contributed by atoms with Crippen LogP contribution < -0.4 is 5.01 Å². The smallest absolute Gasteiger partial charge is 0.312 e. The molecular weight excluding hydrogens is 385 g/mol. The van der Waals surface area contributed by atoms with Crippen molar-refractivity contribution in [2.24, 2.45) is 4.99 Å². The summed E-state index contributed by atoms with van der Waals surface area (Å²) in [6, 6.07) is 10.6. The molecule has 9 heteroatoms. The zero-order valence-electron chi connectivity index (χ0n) is 15.8. The van der Waals surface area contributed by atoms with Gasteiger partial charge < -0.3 is 4.74 Å². The van der Waals surface area contributed by atoms with Crippen LogP contribution in [0, 0.1) is 11.2 Å². The van der Waals surface area contributed by atoms with Gasteiger partial charge in [0.05, 0.1) is 12.2 Å². The van der Waals surface area contributed by atoms with E-state index < -0.39 is 12.3 Å². The molecule has 1 amide bonds. The Hall–Kier alpha value is -3.36. The molecule has 1 heterocycles. The number of amides is 1. The van der Waals surface area contributed by atoms with Gasteiger partial charge in [-0.15, -0.1) is 0 Å². The summed E-state index contributed by atoms with van der Waals surface area (Å²) in [5.74, 6) is -2.05. The second-order valence-corrected chi connectivity index (χ2v) is 6.22. The largest absolute Gasteiger partial charge is 0.419 e. The zero-order valence-corrected chi connectivity index (χ0v) is 15.8. The Morgan fingerprint density at radius 1 is 1.24 bits per heavy atom. The predicted octanol–water partition coefficient (Wildman–Crippen LogP) is 3.86. The first-order chi connectivity index (χ1) is 13.8. The van der Waals surface area contributed by atoms with Crippen molar-refractivity contribution in [3.8, 4) is 0 Å². The van der Waals surface area contributed by atoms with Crippen molar-refractivity contribution in [2.75, 3.05) is 18.6 Å². The summed E-state index contributed by atoms with van der Waals surface area (Å²) in [5.41, 5.74) is 2.08. The van der Waals surface area contributed by atoms with E-state index in [-0.39, 0.29) is 17.6 Å². The van der Waals surface area contributed by atoms with Gasteiger partial charge in [0, 0.05) is 24.7 Å². The number of rotatable bonds is 4. The first kappa shape index (κ1) is 20.4. The maximum atomic E-state index is 13.3. The fourth-order valence-corrected chi connectivity index (χ4v) is 3.08. The lowest BCUT2D eigenvalue weighted by molar-refractivity contribution is 0.0720. The van der Waals surface area contributed by atoms with Crippen molar-refractivity contribution in [2.45, 2.75) is 19.9 Å². The Morgan fingerprint density at radius 3 is 2.52 bits per heavy atom. The maximum absolute atomic E-state index is 13.3. The minimum Gasteiger partial charge on any atom is -0.419 e. The average molecular weight is 404 g/mol. The lowest BCUT2D eigenvalue weighted by Gasteiger charge is -2.40. The molecule has 6 nitrogen and oxygen atoms in total. The number of aliphatic imine (C=N–C) groups is 1. The van der Waals surface area contributed by atoms with Crippen molar-refractivity contribution in [3.63, 3.8) is 0 Å². The van der Waals surface area contributed by atoms with Gasteiger partial charge in [0.15, 0.2) is 0 Å². The van der Waals surface area contributed by atoms with Crippen molar-refractivity contribution in [1.82, 2.24) is 5.01 Å². The molecule has 2 aromatic rings. The SMILES string of the molecule is CCN1C(=O)c2cc(/C(=N/C)OC(=N)C(F)F)ccc2CN1c1ccc(F)cc1. The lowest BCUT2D eigenvalue weighted by atomic mass is 10.00. The van der Waals surface area contributed by atoms with E-state index in [4.69, 9.17) is 10.1 Å². The van der Waals surface area contributed by atoms with Gasteiger partial charge in [-0.25, -0.2) is 9.40 Å². The van der Waals surface area contributed by atoms with E-state index >= 15 is 0 Å². The van der Waals surface area contributed by atoms with E-state index in [1.807, 2.05) is 6.92 Å². The molecule has 2 aromatic carbocycles. The molecule has 0 radical (unpaired) electrons. The van der Waals surface area contributed by atoms with Crippen molar-refractivity contribution in [3.05, 3.63) is 65.0 Å². The van der Waals surface area contributed by atoms with Crippen molar-refractivity contribution in [1.29, 1.82) is 5.41 Å². The third kappa shape index (κ3) is 4.08. The van der Waals surface area contributed by atoms with Crippen molar-refractivity contribution < 1.29 is 22.7 Å². The molecule has 0 aliphatic carbocycles. The highest BCUT2D eigenvalue weighted by molar-refractivity contribution is 6.05. The minimum absolute atomic E-state index is 0.171. The van der Waals surface area contributed by atoms with E-state index in [2.05, 4.69) is 4.99 Å². The molecule has 0 saturated heterocycles.